The van der Waals surface area contributed by atoms with Crippen LogP contribution in [-0.4, -0.2) is 15.3 Å². The van der Waals surface area contributed by atoms with E-state index in [9.17, 15) is 15.3 Å². The molecule has 33 heavy (non-hydrogen) atoms. The number of rotatable bonds is 5. The van der Waals surface area contributed by atoms with Crippen molar-refractivity contribution in [2.45, 2.75) is 27.7 Å². The first-order chi connectivity index (χ1) is 15.7. The van der Waals surface area contributed by atoms with Crippen LogP contribution in [0.4, 0.5) is 17.1 Å². The van der Waals surface area contributed by atoms with Crippen LogP contribution in [0.2, 0.25) is 0 Å². The normalized spacial score (nSPS) is 10.8. The van der Waals surface area contributed by atoms with Gasteiger partial charge in [0, 0.05) is 30.0 Å². The van der Waals surface area contributed by atoms with E-state index in [2.05, 4.69) is 0 Å². The molecule has 4 aromatic rings. The number of anilines is 3. The van der Waals surface area contributed by atoms with Gasteiger partial charge in [0.15, 0.2) is 0 Å². The third-order valence-electron chi connectivity index (χ3n) is 5.52. The number of aryl methyl sites for hydroxylation is 3. The third-order valence-corrected chi connectivity index (χ3v) is 5.52. The highest BCUT2D eigenvalue weighted by Gasteiger charge is 2.16. The standard InChI is InChI=1S/C28H27NO4/c1-17-8-22(13-24(30)10-17)29(23-9-18(2)11-25(31)14-23)21-6-5-7-27(15-21)33-28-16-26(32)12-19(3)20(28)4/h5-16,30-32H,1-4H3. The molecule has 0 amide bonds. The molecule has 0 saturated carbocycles. The van der Waals surface area contributed by atoms with Gasteiger partial charge in [-0.25, -0.2) is 0 Å². The van der Waals surface area contributed by atoms with Crippen molar-refractivity contribution in [2.24, 2.45) is 0 Å². The second kappa shape index (κ2) is 8.79. The molecular weight excluding hydrogens is 414 g/mol. The molecule has 4 rings (SSSR count). The zero-order valence-electron chi connectivity index (χ0n) is 19.1. The Kier molecular flexibility index (Phi) is 5.88. The van der Waals surface area contributed by atoms with Gasteiger partial charge in [-0.05, 0) is 92.4 Å². The Morgan fingerprint density at radius 1 is 0.606 bits per heavy atom. The highest BCUT2D eigenvalue weighted by Crippen LogP contribution is 2.40. The third kappa shape index (κ3) is 4.88. The van der Waals surface area contributed by atoms with Crippen molar-refractivity contribution in [2.75, 3.05) is 4.90 Å². The lowest BCUT2D eigenvalue weighted by molar-refractivity contribution is 0.452. The summed E-state index contributed by atoms with van der Waals surface area (Å²) < 4.78 is 6.14. The fourth-order valence-corrected chi connectivity index (χ4v) is 3.92. The number of phenols is 3. The van der Waals surface area contributed by atoms with Crippen LogP contribution in [0.1, 0.15) is 22.3 Å². The van der Waals surface area contributed by atoms with E-state index in [1.54, 1.807) is 36.4 Å². The van der Waals surface area contributed by atoms with Crippen molar-refractivity contribution >= 4 is 17.1 Å². The SMILES string of the molecule is Cc1cc(O)cc(N(c2cc(C)cc(O)c2)c2cccc(Oc3cc(O)cc(C)c3C)c2)c1. The monoisotopic (exact) mass is 441 g/mol. The summed E-state index contributed by atoms with van der Waals surface area (Å²) in [6.07, 6.45) is 0. The maximum absolute atomic E-state index is 10.3. The molecule has 5 heteroatoms. The molecule has 0 aliphatic rings. The lowest BCUT2D eigenvalue weighted by atomic mass is 10.1. The molecule has 5 nitrogen and oxygen atoms in total. The molecule has 0 radical (unpaired) electrons. The molecule has 0 aliphatic heterocycles. The fourth-order valence-electron chi connectivity index (χ4n) is 3.92. The molecule has 0 unspecified atom stereocenters. The predicted molar refractivity (Wildman–Crippen MR) is 132 cm³/mol. The molecule has 0 bridgehead atoms. The zero-order chi connectivity index (χ0) is 23.7. The minimum atomic E-state index is 0.149. The number of hydrogen-bond acceptors (Lipinski definition) is 5. The summed E-state index contributed by atoms with van der Waals surface area (Å²) in [5, 5.41) is 30.5. The summed E-state index contributed by atoms with van der Waals surface area (Å²) in [7, 11) is 0. The number of phenolic OH excluding ortho intramolecular Hbond substituents is 3. The van der Waals surface area contributed by atoms with E-state index in [0.29, 0.717) is 11.5 Å². The summed E-state index contributed by atoms with van der Waals surface area (Å²) in [5.74, 6) is 1.64. The molecule has 0 aromatic heterocycles. The molecule has 0 fully saturated rings. The first-order valence-electron chi connectivity index (χ1n) is 10.7. The van der Waals surface area contributed by atoms with Crippen molar-refractivity contribution in [3.05, 3.63) is 95.1 Å². The molecule has 0 saturated heterocycles. The largest absolute Gasteiger partial charge is 0.508 e. The number of hydrogen-bond donors (Lipinski definition) is 3. The zero-order valence-corrected chi connectivity index (χ0v) is 19.1. The lowest BCUT2D eigenvalue weighted by Crippen LogP contribution is -2.10. The number of aromatic hydroxyl groups is 3. The van der Waals surface area contributed by atoms with Crippen LogP contribution in [0, 0.1) is 27.7 Å². The number of nitrogens with zero attached hydrogens (tertiary/aromatic N) is 1. The minimum absolute atomic E-state index is 0.149. The van der Waals surface area contributed by atoms with Gasteiger partial charge in [0.1, 0.15) is 28.7 Å². The van der Waals surface area contributed by atoms with Crippen LogP contribution in [0.3, 0.4) is 0 Å². The van der Waals surface area contributed by atoms with E-state index < -0.39 is 0 Å². The van der Waals surface area contributed by atoms with E-state index in [0.717, 1.165) is 39.3 Å². The Hall–Kier alpha value is -4.12. The average molecular weight is 442 g/mol. The lowest BCUT2D eigenvalue weighted by Gasteiger charge is -2.27. The predicted octanol–water partition coefficient (Wildman–Crippen LogP) is 7.30. The molecule has 3 N–H and O–H groups in total. The average Bonchev–Trinajstić information content (AvgIpc) is 2.71. The maximum Gasteiger partial charge on any atom is 0.134 e. The Bertz CT molecular complexity index is 1240. The summed E-state index contributed by atoms with van der Waals surface area (Å²) in [4.78, 5) is 1.95. The highest BCUT2D eigenvalue weighted by molar-refractivity contribution is 5.79. The minimum Gasteiger partial charge on any atom is -0.508 e. The summed E-state index contributed by atoms with van der Waals surface area (Å²) in [6.45, 7) is 7.71. The van der Waals surface area contributed by atoms with Crippen molar-refractivity contribution in [1.82, 2.24) is 0 Å². The van der Waals surface area contributed by atoms with Crippen LogP contribution in [-0.2, 0) is 0 Å². The molecule has 0 spiro atoms. The van der Waals surface area contributed by atoms with Gasteiger partial charge in [0.2, 0.25) is 0 Å². The van der Waals surface area contributed by atoms with Crippen LogP contribution >= 0.6 is 0 Å². The van der Waals surface area contributed by atoms with E-state index in [-0.39, 0.29) is 17.2 Å². The van der Waals surface area contributed by atoms with E-state index in [4.69, 9.17) is 4.74 Å². The van der Waals surface area contributed by atoms with Gasteiger partial charge in [0.25, 0.3) is 0 Å². The van der Waals surface area contributed by atoms with Gasteiger partial charge in [-0.2, -0.15) is 0 Å². The second-order valence-electron chi connectivity index (χ2n) is 8.37. The van der Waals surface area contributed by atoms with E-state index in [1.807, 2.05) is 69.0 Å². The first kappa shape index (κ1) is 22.1. The summed E-state index contributed by atoms with van der Waals surface area (Å²) in [5.41, 5.74) is 5.99. The number of benzene rings is 4. The molecule has 0 atom stereocenters. The number of ether oxygens (including phenoxy) is 1. The van der Waals surface area contributed by atoms with Gasteiger partial charge >= 0.3 is 0 Å². The van der Waals surface area contributed by atoms with Crippen LogP contribution in [0.15, 0.2) is 72.8 Å². The Labute approximate surface area is 193 Å². The van der Waals surface area contributed by atoms with Crippen LogP contribution in [0.5, 0.6) is 28.7 Å². The second-order valence-corrected chi connectivity index (χ2v) is 8.37. The highest BCUT2D eigenvalue weighted by atomic mass is 16.5. The molecule has 0 heterocycles. The van der Waals surface area contributed by atoms with Crippen LogP contribution in [0.25, 0.3) is 0 Å². The molecule has 168 valence electrons. The van der Waals surface area contributed by atoms with Gasteiger partial charge in [-0.15, -0.1) is 0 Å². The molecule has 4 aromatic carbocycles. The van der Waals surface area contributed by atoms with E-state index >= 15 is 0 Å². The van der Waals surface area contributed by atoms with Crippen molar-refractivity contribution in [3.63, 3.8) is 0 Å². The van der Waals surface area contributed by atoms with Crippen LogP contribution < -0.4 is 9.64 Å². The summed E-state index contributed by atoms with van der Waals surface area (Å²) >= 11 is 0. The Morgan fingerprint density at radius 2 is 1.18 bits per heavy atom. The first-order valence-corrected chi connectivity index (χ1v) is 10.7. The van der Waals surface area contributed by atoms with Crippen molar-refractivity contribution in [3.8, 4) is 28.7 Å². The van der Waals surface area contributed by atoms with Gasteiger partial charge in [0.05, 0.1) is 11.4 Å². The topological polar surface area (TPSA) is 73.2 Å². The molecule has 0 aliphatic carbocycles. The quantitative estimate of drug-likeness (QED) is 0.303. The maximum atomic E-state index is 10.3. The smallest absolute Gasteiger partial charge is 0.134 e. The van der Waals surface area contributed by atoms with Crippen molar-refractivity contribution < 1.29 is 20.1 Å². The van der Waals surface area contributed by atoms with Gasteiger partial charge in [-0.3, -0.25) is 0 Å². The van der Waals surface area contributed by atoms with Crippen molar-refractivity contribution in [1.29, 1.82) is 0 Å². The fraction of sp³-hybridized carbons (Fsp3) is 0.143. The van der Waals surface area contributed by atoms with Gasteiger partial charge in [-0.1, -0.05) is 6.07 Å². The Morgan fingerprint density at radius 3 is 1.76 bits per heavy atom. The molecular formula is C28H27NO4. The van der Waals surface area contributed by atoms with Gasteiger partial charge < -0.3 is 25.0 Å². The van der Waals surface area contributed by atoms with E-state index in [1.165, 1.54) is 0 Å². The summed E-state index contributed by atoms with van der Waals surface area (Å²) in [6, 6.07) is 21.6. The Balaban J connectivity index is 1.83.